The first kappa shape index (κ1) is 10.2. The van der Waals surface area contributed by atoms with Crippen molar-refractivity contribution in [1.82, 2.24) is 0 Å². The maximum absolute atomic E-state index is 11.1. The molecule has 64 valence electrons. The van der Waals surface area contributed by atoms with Gasteiger partial charge in [0, 0.05) is 22.6 Å². The largest absolute Gasteiger partial charge is 0.495 e. The molecule has 1 rings (SSSR count). The smallest absolute Gasteiger partial charge is 0.226 e. The summed E-state index contributed by atoms with van der Waals surface area (Å²) in [5.74, 6) is 0.664. The maximum atomic E-state index is 11.1. The summed E-state index contributed by atoms with van der Waals surface area (Å²) < 4.78 is 6.06. The Hall–Kier alpha value is 0.150. The minimum absolute atomic E-state index is 0.00275. The number of hydrogen-bond acceptors (Lipinski definition) is 2. The summed E-state index contributed by atoms with van der Waals surface area (Å²) in [6, 6.07) is 5.51. The average Bonchev–Trinajstić information content (AvgIpc) is 2.03. The number of carbonyl (C=O) groups excluding carboxylic acids is 1. The predicted molar refractivity (Wildman–Crippen MR) is 64.1 cm³/mol. The first-order chi connectivity index (χ1) is 5.66. The molecule has 0 unspecified atom stereocenters. The van der Waals surface area contributed by atoms with Gasteiger partial charge in [-0.25, -0.2) is 0 Å². The van der Waals surface area contributed by atoms with E-state index in [2.05, 4.69) is 22.6 Å². The molecular formula is C8H6I2O2. The lowest BCUT2D eigenvalue weighted by Gasteiger charge is -2.05. The van der Waals surface area contributed by atoms with Gasteiger partial charge in [-0.1, -0.05) is 6.07 Å². The van der Waals surface area contributed by atoms with Gasteiger partial charge >= 0.3 is 0 Å². The van der Waals surface area contributed by atoms with Crippen molar-refractivity contribution in [2.45, 2.75) is 0 Å². The number of rotatable bonds is 2. The SMILES string of the molecule is COc1c(I)cccc1C(=O)I. The molecule has 0 aliphatic rings. The van der Waals surface area contributed by atoms with Crippen molar-refractivity contribution in [2.24, 2.45) is 0 Å². The van der Waals surface area contributed by atoms with Crippen molar-refractivity contribution in [2.75, 3.05) is 7.11 Å². The number of hydrogen-bond donors (Lipinski definition) is 0. The van der Waals surface area contributed by atoms with Gasteiger partial charge in [-0.15, -0.1) is 0 Å². The minimum Gasteiger partial charge on any atom is -0.495 e. The second-order valence-corrected chi connectivity index (χ2v) is 4.24. The lowest BCUT2D eigenvalue weighted by Crippen LogP contribution is -1.96. The third-order valence-electron chi connectivity index (χ3n) is 1.38. The van der Waals surface area contributed by atoms with E-state index < -0.39 is 0 Å². The molecule has 2 nitrogen and oxygen atoms in total. The van der Waals surface area contributed by atoms with E-state index in [9.17, 15) is 4.79 Å². The lowest BCUT2D eigenvalue weighted by atomic mass is 10.2. The van der Waals surface area contributed by atoms with Crippen LogP contribution >= 0.6 is 45.2 Å². The Labute approximate surface area is 98.0 Å². The van der Waals surface area contributed by atoms with Gasteiger partial charge in [-0.3, -0.25) is 4.79 Å². The summed E-state index contributed by atoms with van der Waals surface area (Å²) >= 11 is 3.89. The van der Waals surface area contributed by atoms with Crippen molar-refractivity contribution >= 4 is 49.0 Å². The van der Waals surface area contributed by atoms with Crippen LogP contribution in [0.15, 0.2) is 18.2 Å². The number of halogens is 2. The molecule has 0 spiro atoms. The molecule has 1 aromatic rings. The quantitative estimate of drug-likeness (QED) is 0.576. The van der Waals surface area contributed by atoms with Gasteiger partial charge in [0.2, 0.25) is 3.79 Å². The van der Waals surface area contributed by atoms with E-state index in [-0.39, 0.29) is 3.79 Å². The third kappa shape index (κ3) is 2.09. The highest BCUT2D eigenvalue weighted by atomic mass is 127. The minimum atomic E-state index is 0.00275. The normalized spacial score (nSPS) is 9.58. The van der Waals surface area contributed by atoms with Gasteiger partial charge in [-0.05, 0) is 34.7 Å². The van der Waals surface area contributed by atoms with E-state index in [1.165, 1.54) is 0 Å². The molecular weight excluding hydrogens is 382 g/mol. The predicted octanol–water partition coefficient (Wildman–Crippen LogP) is 2.88. The van der Waals surface area contributed by atoms with Crippen LogP contribution in [-0.4, -0.2) is 10.9 Å². The average molecular weight is 388 g/mol. The van der Waals surface area contributed by atoms with E-state index in [0.29, 0.717) is 11.3 Å². The Morgan fingerprint density at radius 3 is 2.58 bits per heavy atom. The van der Waals surface area contributed by atoms with Crippen LogP contribution in [0.5, 0.6) is 5.75 Å². The highest BCUT2D eigenvalue weighted by molar-refractivity contribution is 14.1. The van der Waals surface area contributed by atoms with Crippen molar-refractivity contribution in [3.63, 3.8) is 0 Å². The molecule has 0 heterocycles. The van der Waals surface area contributed by atoms with Crippen LogP contribution in [0, 0.1) is 3.57 Å². The second-order valence-electron chi connectivity index (χ2n) is 2.09. The summed E-state index contributed by atoms with van der Waals surface area (Å²) in [4.78, 5) is 11.1. The third-order valence-corrected chi connectivity index (χ3v) is 2.81. The Balaban J connectivity index is 3.27. The van der Waals surface area contributed by atoms with E-state index in [1.54, 1.807) is 35.8 Å². The Morgan fingerprint density at radius 2 is 2.17 bits per heavy atom. The molecule has 0 atom stereocenters. The van der Waals surface area contributed by atoms with Crippen LogP contribution in [0.4, 0.5) is 0 Å². The second kappa shape index (κ2) is 4.40. The molecule has 0 fully saturated rings. The molecule has 1 aromatic carbocycles. The maximum Gasteiger partial charge on any atom is 0.226 e. The number of benzene rings is 1. The molecule has 0 radical (unpaired) electrons. The van der Waals surface area contributed by atoms with Gasteiger partial charge < -0.3 is 4.74 Å². The summed E-state index contributed by atoms with van der Waals surface area (Å²) in [6.07, 6.45) is 0. The molecule has 4 heteroatoms. The summed E-state index contributed by atoms with van der Waals surface area (Å²) in [6.45, 7) is 0. The molecule has 0 aliphatic carbocycles. The lowest BCUT2D eigenvalue weighted by molar-refractivity contribution is 0.110. The number of ether oxygens (including phenoxy) is 1. The first-order valence-corrected chi connectivity index (χ1v) is 5.35. The molecule has 0 amide bonds. The molecule has 0 saturated carbocycles. The zero-order valence-corrected chi connectivity index (χ0v) is 10.6. The highest BCUT2D eigenvalue weighted by Gasteiger charge is 2.10. The Bertz CT molecular complexity index is 310. The highest BCUT2D eigenvalue weighted by Crippen LogP contribution is 2.26. The van der Waals surface area contributed by atoms with Crippen LogP contribution < -0.4 is 4.74 Å². The molecule has 0 aromatic heterocycles. The van der Waals surface area contributed by atoms with Gasteiger partial charge in [0.1, 0.15) is 5.75 Å². The molecule has 0 aliphatic heterocycles. The van der Waals surface area contributed by atoms with Gasteiger partial charge in [0.05, 0.1) is 16.2 Å². The van der Waals surface area contributed by atoms with Crippen molar-refractivity contribution in [3.8, 4) is 5.75 Å². The van der Waals surface area contributed by atoms with E-state index in [4.69, 9.17) is 4.74 Å². The van der Waals surface area contributed by atoms with Crippen LogP contribution in [0.1, 0.15) is 10.4 Å². The fourth-order valence-corrected chi connectivity index (χ4v) is 2.01. The zero-order chi connectivity index (χ0) is 9.14. The van der Waals surface area contributed by atoms with Gasteiger partial charge in [-0.2, -0.15) is 0 Å². The monoisotopic (exact) mass is 388 g/mol. The van der Waals surface area contributed by atoms with Crippen LogP contribution in [0.2, 0.25) is 0 Å². The molecule has 0 bridgehead atoms. The molecule has 0 saturated heterocycles. The van der Waals surface area contributed by atoms with Crippen molar-refractivity contribution < 1.29 is 9.53 Å². The number of para-hydroxylation sites is 1. The number of methoxy groups -OCH3 is 1. The Morgan fingerprint density at radius 1 is 1.50 bits per heavy atom. The van der Waals surface area contributed by atoms with Gasteiger partial charge in [0.15, 0.2) is 0 Å². The van der Waals surface area contributed by atoms with Gasteiger partial charge in [0.25, 0.3) is 0 Å². The van der Waals surface area contributed by atoms with E-state index in [1.807, 2.05) is 12.1 Å². The van der Waals surface area contributed by atoms with Crippen molar-refractivity contribution in [1.29, 1.82) is 0 Å². The molecule has 12 heavy (non-hydrogen) atoms. The zero-order valence-electron chi connectivity index (χ0n) is 6.30. The summed E-state index contributed by atoms with van der Waals surface area (Å²) in [5, 5.41) is 0. The first-order valence-electron chi connectivity index (χ1n) is 3.19. The summed E-state index contributed by atoms with van der Waals surface area (Å²) in [7, 11) is 1.57. The topological polar surface area (TPSA) is 26.3 Å². The number of carbonyl (C=O) groups is 1. The molecule has 0 N–H and O–H groups in total. The van der Waals surface area contributed by atoms with Crippen molar-refractivity contribution in [3.05, 3.63) is 27.3 Å². The van der Waals surface area contributed by atoms with E-state index >= 15 is 0 Å². The van der Waals surface area contributed by atoms with Crippen LogP contribution in [0.25, 0.3) is 0 Å². The van der Waals surface area contributed by atoms with Crippen LogP contribution in [0.3, 0.4) is 0 Å². The fourth-order valence-electron chi connectivity index (χ4n) is 0.871. The van der Waals surface area contributed by atoms with Crippen LogP contribution in [-0.2, 0) is 0 Å². The Kier molecular flexibility index (Phi) is 3.76. The summed E-state index contributed by atoms with van der Waals surface area (Å²) in [5.41, 5.74) is 0.630. The fraction of sp³-hybridized carbons (Fsp3) is 0.125. The van der Waals surface area contributed by atoms with E-state index in [0.717, 1.165) is 3.57 Å². The standard InChI is InChI=1S/C8H6I2O2/c1-12-7-5(8(10)11)3-2-4-6(7)9/h2-4H,1H3.